The number of fused-ring (bicyclic) bond motifs is 1. The van der Waals surface area contributed by atoms with Crippen LogP contribution >= 0.6 is 0 Å². The molecule has 0 heterocycles. The first-order valence-corrected chi connectivity index (χ1v) is 8.46. The van der Waals surface area contributed by atoms with Crippen LogP contribution in [0.2, 0.25) is 0 Å². The number of nitrogens with one attached hydrogen (secondary N) is 2. The first-order valence-electron chi connectivity index (χ1n) is 8.46. The topological polar surface area (TPSA) is 64.9 Å². The summed E-state index contributed by atoms with van der Waals surface area (Å²) >= 11 is 0. The first-order chi connectivity index (χ1) is 11.2. The molecule has 4 nitrogen and oxygen atoms in total. The van der Waals surface area contributed by atoms with Crippen molar-refractivity contribution in [3.05, 3.63) is 46.7 Å². The number of carbonyl (C=O) groups excluding carboxylic acids is 1. The fraction of sp³-hybridized carbons (Fsp3) is 0.474. The third-order valence-electron chi connectivity index (χ3n) is 4.63. The second-order valence-electron chi connectivity index (χ2n) is 6.54. The zero-order valence-electron chi connectivity index (χ0n) is 13.6. The molecule has 23 heavy (non-hydrogen) atoms. The van der Waals surface area contributed by atoms with Crippen molar-refractivity contribution >= 4 is 5.91 Å². The average Bonchev–Trinajstić information content (AvgIpc) is 3.39. The van der Waals surface area contributed by atoms with Gasteiger partial charge in [0.25, 0.3) is 5.91 Å². The SMILES string of the molecule is CC(NC(=O)/C(C#N)=C\NC1CC1)c1ccc2c(c1)CCCC2. The van der Waals surface area contributed by atoms with Crippen LogP contribution in [-0.2, 0) is 17.6 Å². The zero-order valence-corrected chi connectivity index (χ0v) is 13.6. The van der Waals surface area contributed by atoms with E-state index >= 15 is 0 Å². The molecule has 0 bridgehead atoms. The van der Waals surface area contributed by atoms with Crippen molar-refractivity contribution in [2.45, 2.75) is 57.5 Å². The van der Waals surface area contributed by atoms with Crippen LogP contribution in [0.3, 0.4) is 0 Å². The van der Waals surface area contributed by atoms with E-state index in [9.17, 15) is 4.79 Å². The Morgan fingerprint density at radius 3 is 2.74 bits per heavy atom. The molecule has 1 aromatic rings. The van der Waals surface area contributed by atoms with Gasteiger partial charge in [0, 0.05) is 12.2 Å². The standard InChI is InChI=1S/C19H23N3O/c1-13(15-7-6-14-4-2-3-5-16(14)10-15)22-19(23)17(11-20)12-21-18-8-9-18/h6-7,10,12-13,18,21H,2-5,8-9H2,1H3,(H,22,23)/b17-12-. The van der Waals surface area contributed by atoms with E-state index in [1.807, 2.05) is 13.0 Å². The van der Waals surface area contributed by atoms with Crippen molar-refractivity contribution in [3.63, 3.8) is 0 Å². The summed E-state index contributed by atoms with van der Waals surface area (Å²) < 4.78 is 0. The number of benzene rings is 1. The van der Waals surface area contributed by atoms with E-state index in [-0.39, 0.29) is 17.5 Å². The average molecular weight is 309 g/mol. The van der Waals surface area contributed by atoms with Gasteiger partial charge in [-0.1, -0.05) is 18.2 Å². The molecule has 2 aliphatic carbocycles. The highest BCUT2D eigenvalue weighted by molar-refractivity contribution is 5.97. The van der Waals surface area contributed by atoms with Gasteiger partial charge in [0.05, 0.1) is 6.04 Å². The van der Waals surface area contributed by atoms with Crippen molar-refractivity contribution in [2.75, 3.05) is 0 Å². The number of rotatable bonds is 5. The summed E-state index contributed by atoms with van der Waals surface area (Å²) in [7, 11) is 0. The molecule has 2 aliphatic rings. The van der Waals surface area contributed by atoms with E-state index in [1.54, 1.807) is 6.20 Å². The van der Waals surface area contributed by atoms with Crippen LogP contribution in [0, 0.1) is 11.3 Å². The van der Waals surface area contributed by atoms with Gasteiger partial charge in [-0.05, 0) is 62.1 Å². The van der Waals surface area contributed by atoms with Crippen LogP contribution < -0.4 is 10.6 Å². The van der Waals surface area contributed by atoms with Gasteiger partial charge >= 0.3 is 0 Å². The van der Waals surface area contributed by atoms with Gasteiger partial charge in [-0.25, -0.2) is 0 Å². The molecule has 0 aliphatic heterocycles. The number of hydrogen-bond donors (Lipinski definition) is 2. The van der Waals surface area contributed by atoms with Gasteiger partial charge in [0.1, 0.15) is 11.6 Å². The Balaban J connectivity index is 1.65. The monoisotopic (exact) mass is 309 g/mol. The third kappa shape index (κ3) is 3.92. The molecule has 0 aromatic heterocycles. The van der Waals surface area contributed by atoms with Crippen molar-refractivity contribution in [1.82, 2.24) is 10.6 Å². The number of amides is 1. The molecule has 2 N–H and O–H groups in total. The summed E-state index contributed by atoms with van der Waals surface area (Å²) in [6, 6.07) is 8.79. The smallest absolute Gasteiger partial charge is 0.263 e. The summed E-state index contributed by atoms with van der Waals surface area (Å²) in [5, 5.41) is 15.2. The minimum atomic E-state index is -0.314. The second kappa shape index (κ2) is 6.87. The van der Waals surface area contributed by atoms with Gasteiger partial charge in [0.15, 0.2) is 0 Å². The Morgan fingerprint density at radius 2 is 2.04 bits per heavy atom. The van der Waals surface area contributed by atoms with Crippen molar-refractivity contribution in [3.8, 4) is 6.07 Å². The Kier molecular flexibility index (Phi) is 4.66. The predicted octanol–water partition coefficient (Wildman–Crippen LogP) is 2.90. The van der Waals surface area contributed by atoms with Crippen LogP contribution in [0.25, 0.3) is 0 Å². The number of aryl methyl sites for hydroxylation is 2. The van der Waals surface area contributed by atoms with Gasteiger partial charge in [-0.3, -0.25) is 4.79 Å². The second-order valence-corrected chi connectivity index (χ2v) is 6.54. The lowest BCUT2D eigenvalue weighted by molar-refractivity contribution is -0.117. The molecular weight excluding hydrogens is 286 g/mol. The first kappa shape index (κ1) is 15.6. The van der Waals surface area contributed by atoms with E-state index in [0.717, 1.165) is 31.2 Å². The van der Waals surface area contributed by atoms with E-state index in [2.05, 4.69) is 28.8 Å². The number of hydrogen-bond acceptors (Lipinski definition) is 3. The Bertz CT molecular complexity index is 668. The lowest BCUT2D eigenvalue weighted by Crippen LogP contribution is -2.28. The zero-order chi connectivity index (χ0) is 16.2. The summed E-state index contributed by atoms with van der Waals surface area (Å²) in [6.07, 6.45) is 8.56. The molecule has 1 aromatic carbocycles. The van der Waals surface area contributed by atoms with Crippen LogP contribution in [0.1, 0.15) is 55.3 Å². The fourth-order valence-electron chi connectivity index (χ4n) is 2.98. The van der Waals surface area contributed by atoms with Gasteiger partial charge in [0.2, 0.25) is 0 Å². The fourth-order valence-corrected chi connectivity index (χ4v) is 2.98. The van der Waals surface area contributed by atoms with E-state index in [1.165, 1.54) is 24.0 Å². The van der Waals surface area contributed by atoms with Crippen LogP contribution in [-0.4, -0.2) is 11.9 Å². The maximum absolute atomic E-state index is 12.2. The van der Waals surface area contributed by atoms with E-state index in [0.29, 0.717) is 6.04 Å². The summed E-state index contributed by atoms with van der Waals surface area (Å²) in [5.41, 5.74) is 4.08. The Labute approximate surface area is 137 Å². The van der Waals surface area contributed by atoms with Crippen LogP contribution in [0.5, 0.6) is 0 Å². The molecule has 4 heteroatoms. The summed E-state index contributed by atoms with van der Waals surface area (Å²) in [4.78, 5) is 12.2. The maximum atomic E-state index is 12.2. The Hall–Kier alpha value is -2.28. The maximum Gasteiger partial charge on any atom is 0.263 e. The highest BCUT2D eigenvalue weighted by atomic mass is 16.1. The van der Waals surface area contributed by atoms with Crippen molar-refractivity contribution < 1.29 is 4.79 Å². The minimum Gasteiger partial charge on any atom is -0.387 e. The van der Waals surface area contributed by atoms with Gasteiger partial charge < -0.3 is 10.6 Å². The molecule has 3 rings (SSSR count). The summed E-state index contributed by atoms with van der Waals surface area (Å²) in [5.74, 6) is -0.314. The molecule has 1 saturated carbocycles. The largest absolute Gasteiger partial charge is 0.387 e. The van der Waals surface area contributed by atoms with Crippen molar-refractivity contribution in [2.24, 2.45) is 0 Å². The van der Waals surface area contributed by atoms with E-state index in [4.69, 9.17) is 5.26 Å². The third-order valence-corrected chi connectivity index (χ3v) is 4.63. The molecule has 1 amide bonds. The molecule has 1 atom stereocenters. The van der Waals surface area contributed by atoms with Gasteiger partial charge in [-0.15, -0.1) is 0 Å². The normalized spacial score (nSPS) is 18.5. The minimum absolute atomic E-state index is 0.104. The van der Waals surface area contributed by atoms with Crippen LogP contribution in [0.4, 0.5) is 0 Å². The lowest BCUT2D eigenvalue weighted by atomic mass is 9.89. The quantitative estimate of drug-likeness (QED) is 0.649. The summed E-state index contributed by atoms with van der Waals surface area (Å²) in [6.45, 7) is 1.96. The van der Waals surface area contributed by atoms with Gasteiger partial charge in [-0.2, -0.15) is 5.26 Å². The highest BCUT2D eigenvalue weighted by Crippen LogP contribution is 2.25. The molecular formula is C19H23N3O. The number of nitrogens with zero attached hydrogens (tertiary/aromatic N) is 1. The lowest BCUT2D eigenvalue weighted by Gasteiger charge is -2.20. The molecule has 0 saturated heterocycles. The van der Waals surface area contributed by atoms with E-state index < -0.39 is 0 Å². The number of carbonyl (C=O) groups is 1. The molecule has 120 valence electrons. The van der Waals surface area contributed by atoms with Crippen molar-refractivity contribution in [1.29, 1.82) is 5.26 Å². The molecule has 0 spiro atoms. The van der Waals surface area contributed by atoms with Crippen LogP contribution in [0.15, 0.2) is 30.0 Å². The molecule has 1 fully saturated rings. The predicted molar refractivity (Wildman–Crippen MR) is 89.5 cm³/mol. The Morgan fingerprint density at radius 1 is 1.30 bits per heavy atom. The molecule has 0 radical (unpaired) electrons. The number of nitriles is 1. The highest BCUT2D eigenvalue weighted by Gasteiger charge is 2.21. The molecule has 1 unspecified atom stereocenters.